The van der Waals surface area contributed by atoms with Crippen LogP contribution in [0.15, 0.2) is 22.7 Å². The molecule has 0 fully saturated rings. The summed E-state index contributed by atoms with van der Waals surface area (Å²) in [7, 11) is 0. The maximum atomic E-state index is 12.0. The van der Waals surface area contributed by atoms with Crippen molar-refractivity contribution in [2.45, 2.75) is 6.92 Å². The zero-order valence-corrected chi connectivity index (χ0v) is 10.6. The summed E-state index contributed by atoms with van der Waals surface area (Å²) < 4.78 is 0.730. The molecular weight excluding hydrogens is 274 g/mol. The van der Waals surface area contributed by atoms with Gasteiger partial charge in [-0.3, -0.25) is 4.79 Å². The van der Waals surface area contributed by atoms with E-state index in [1.165, 1.54) is 11.0 Å². The van der Waals surface area contributed by atoms with E-state index in [1.807, 2.05) is 6.92 Å². The molecule has 0 spiro atoms. The molecule has 0 heterocycles. The van der Waals surface area contributed by atoms with Gasteiger partial charge in [-0.2, -0.15) is 0 Å². The lowest BCUT2D eigenvalue weighted by atomic mass is 10.1. The summed E-state index contributed by atoms with van der Waals surface area (Å²) in [6.45, 7) is 2.49. The predicted octanol–water partition coefficient (Wildman–Crippen LogP) is 1.61. The lowest BCUT2D eigenvalue weighted by molar-refractivity contribution is 0.0729. The lowest BCUT2D eigenvalue weighted by Crippen LogP contribution is -2.33. The molecule has 5 heteroatoms. The summed E-state index contributed by atoms with van der Waals surface area (Å²) in [4.78, 5) is 13.4. The van der Waals surface area contributed by atoms with E-state index in [-0.39, 0.29) is 30.4 Å². The predicted molar refractivity (Wildman–Crippen MR) is 64.5 cm³/mol. The number of phenolic OH excluding ortho intramolecular Hbond substituents is 1. The smallest absolute Gasteiger partial charge is 0.257 e. The normalized spacial score (nSPS) is 10.2. The van der Waals surface area contributed by atoms with Crippen molar-refractivity contribution in [1.29, 1.82) is 0 Å². The third kappa shape index (κ3) is 2.96. The molecule has 4 nitrogen and oxygen atoms in total. The van der Waals surface area contributed by atoms with Crippen molar-refractivity contribution in [1.82, 2.24) is 4.90 Å². The van der Waals surface area contributed by atoms with Gasteiger partial charge in [-0.25, -0.2) is 0 Å². The minimum atomic E-state index is -0.282. The minimum Gasteiger partial charge on any atom is -0.507 e. The molecule has 0 aliphatic carbocycles. The summed E-state index contributed by atoms with van der Waals surface area (Å²) in [6.07, 6.45) is 0. The van der Waals surface area contributed by atoms with Crippen LogP contribution in [-0.2, 0) is 0 Å². The Hall–Kier alpha value is -1.07. The first-order chi connectivity index (χ1) is 7.60. The second-order valence-corrected chi connectivity index (χ2v) is 4.19. The first kappa shape index (κ1) is 13.0. The zero-order valence-electron chi connectivity index (χ0n) is 8.98. The summed E-state index contributed by atoms with van der Waals surface area (Å²) in [6, 6.07) is 4.69. The molecule has 0 saturated heterocycles. The standard InChI is InChI=1S/C11H14BrNO3/c1-2-13(5-6-14)11(16)9-7-8(12)3-4-10(9)15/h3-4,7,14-15H,2,5-6H2,1H3. The highest BCUT2D eigenvalue weighted by Gasteiger charge is 2.17. The van der Waals surface area contributed by atoms with Crippen LogP contribution in [0.25, 0.3) is 0 Å². The number of phenols is 1. The van der Waals surface area contributed by atoms with E-state index in [2.05, 4.69) is 15.9 Å². The highest BCUT2D eigenvalue weighted by molar-refractivity contribution is 9.10. The zero-order chi connectivity index (χ0) is 12.1. The Bertz CT molecular complexity index is 381. The van der Waals surface area contributed by atoms with Gasteiger partial charge >= 0.3 is 0 Å². The molecule has 1 aromatic rings. The van der Waals surface area contributed by atoms with Crippen molar-refractivity contribution in [2.75, 3.05) is 19.7 Å². The Kier molecular flexibility index (Phi) is 4.76. The molecule has 0 aliphatic rings. The number of hydrogen-bond donors (Lipinski definition) is 2. The molecule has 1 rings (SSSR count). The molecule has 1 amide bonds. The average molecular weight is 288 g/mol. The van der Waals surface area contributed by atoms with Gasteiger partial charge in [0.1, 0.15) is 5.75 Å². The van der Waals surface area contributed by atoms with E-state index < -0.39 is 0 Å². The van der Waals surface area contributed by atoms with Crippen molar-refractivity contribution in [3.63, 3.8) is 0 Å². The van der Waals surface area contributed by atoms with Gasteiger partial charge in [0.15, 0.2) is 0 Å². The second kappa shape index (κ2) is 5.86. The van der Waals surface area contributed by atoms with Crippen molar-refractivity contribution in [3.8, 4) is 5.75 Å². The largest absolute Gasteiger partial charge is 0.507 e. The first-order valence-electron chi connectivity index (χ1n) is 4.98. The van der Waals surface area contributed by atoms with Crippen LogP contribution < -0.4 is 0 Å². The minimum absolute atomic E-state index is 0.0513. The van der Waals surface area contributed by atoms with Crippen LogP contribution in [0.5, 0.6) is 5.75 Å². The third-order valence-electron chi connectivity index (χ3n) is 2.23. The molecular formula is C11H14BrNO3. The van der Waals surface area contributed by atoms with E-state index in [4.69, 9.17) is 5.11 Å². The molecule has 0 aromatic heterocycles. The first-order valence-corrected chi connectivity index (χ1v) is 5.78. The highest BCUT2D eigenvalue weighted by Crippen LogP contribution is 2.23. The van der Waals surface area contributed by atoms with E-state index >= 15 is 0 Å². The molecule has 2 N–H and O–H groups in total. The molecule has 0 saturated carbocycles. The fraction of sp³-hybridized carbons (Fsp3) is 0.364. The monoisotopic (exact) mass is 287 g/mol. The number of carbonyl (C=O) groups is 1. The van der Waals surface area contributed by atoms with Crippen molar-refractivity contribution >= 4 is 21.8 Å². The van der Waals surface area contributed by atoms with E-state index in [0.29, 0.717) is 6.54 Å². The molecule has 16 heavy (non-hydrogen) atoms. The van der Waals surface area contributed by atoms with Gasteiger partial charge < -0.3 is 15.1 Å². The molecule has 88 valence electrons. The second-order valence-electron chi connectivity index (χ2n) is 3.27. The van der Waals surface area contributed by atoms with Crippen molar-refractivity contribution < 1.29 is 15.0 Å². The van der Waals surface area contributed by atoms with Crippen LogP contribution in [0.4, 0.5) is 0 Å². The fourth-order valence-corrected chi connectivity index (χ4v) is 1.73. The Morgan fingerprint density at radius 3 is 2.75 bits per heavy atom. The Balaban J connectivity index is 2.98. The van der Waals surface area contributed by atoms with Crippen LogP contribution >= 0.6 is 15.9 Å². The number of hydrogen-bond acceptors (Lipinski definition) is 3. The maximum Gasteiger partial charge on any atom is 0.257 e. The van der Waals surface area contributed by atoms with Gasteiger partial charge in [0.25, 0.3) is 5.91 Å². The summed E-state index contributed by atoms with van der Waals surface area (Å²) >= 11 is 3.24. The number of nitrogens with zero attached hydrogens (tertiary/aromatic N) is 1. The fourth-order valence-electron chi connectivity index (χ4n) is 1.37. The Labute approximate surface area is 103 Å². The number of amides is 1. The van der Waals surface area contributed by atoms with Crippen molar-refractivity contribution in [2.24, 2.45) is 0 Å². The molecule has 0 atom stereocenters. The van der Waals surface area contributed by atoms with Gasteiger partial charge in [0, 0.05) is 17.6 Å². The lowest BCUT2D eigenvalue weighted by Gasteiger charge is -2.20. The van der Waals surface area contributed by atoms with Gasteiger partial charge in [-0.15, -0.1) is 0 Å². The van der Waals surface area contributed by atoms with Crippen LogP contribution in [0, 0.1) is 0 Å². The van der Waals surface area contributed by atoms with Crippen LogP contribution in [-0.4, -0.2) is 40.7 Å². The van der Waals surface area contributed by atoms with E-state index in [0.717, 1.165) is 4.47 Å². The van der Waals surface area contributed by atoms with Crippen LogP contribution in [0.3, 0.4) is 0 Å². The SMILES string of the molecule is CCN(CCO)C(=O)c1cc(Br)ccc1O. The number of carbonyl (C=O) groups excluding carboxylic acids is 1. The topological polar surface area (TPSA) is 60.8 Å². The van der Waals surface area contributed by atoms with Gasteiger partial charge in [-0.05, 0) is 25.1 Å². The summed E-state index contributed by atoms with van der Waals surface area (Å²) in [5.74, 6) is -0.333. The highest BCUT2D eigenvalue weighted by atomic mass is 79.9. The van der Waals surface area contributed by atoms with Crippen LogP contribution in [0.1, 0.15) is 17.3 Å². The summed E-state index contributed by atoms with van der Waals surface area (Å²) in [5, 5.41) is 18.4. The number of aromatic hydroxyl groups is 1. The number of rotatable bonds is 4. The van der Waals surface area contributed by atoms with Crippen LogP contribution in [0.2, 0.25) is 0 Å². The Morgan fingerprint density at radius 2 is 2.19 bits per heavy atom. The summed E-state index contributed by atoms with van der Waals surface area (Å²) in [5.41, 5.74) is 0.240. The Morgan fingerprint density at radius 1 is 1.50 bits per heavy atom. The van der Waals surface area contributed by atoms with Gasteiger partial charge in [0.05, 0.1) is 12.2 Å². The average Bonchev–Trinajstić information content (AvgIpc) is 2.28. The van der Waals surface area contributed by atoms with E-state index in [9.17, 15) is 9.90 Å². The molecule has 0 unspecified atom stereocenters. The van der Waals surface area contributed by atoms with Gasteiger partial charge in [-0.1, -0.05) is 15.9 Å². The molecule has 0 radical (unpaired) electrons. The maximum absolute atomic E-state index is 12.0. The number of likely N-dealkylation sites (N-methyl/N-ethyl adjacent to an activating group) is 1. The molecule has 1 aromatic carbocycles. The number of aliphatic hydroxyl groups excluding tert-OH is 1. The van der Waals surface area contributed by atoms with Crippen molar-refractivity contribution in [3.05, 3.63) is 28.2 Å². The quantitative estimate of drug-likeness (QED) is 0.885. The number of halogens is 1. The number of aliphatic hydroxyl groups is 1. The molecule has 0 aliphatic heterocycles. The van der Waals surface area contributed by atoms with Gasteiger partial charge in [0.2, 0.25) is 0 Å². The number of benzene rings is 1. The molecule has 0 bridgehead atoms. The third-order valence-corrected chi connectivity index (χ3v) is 2.72. The van der Waals surface area contributed by atoms with E-state index in [1.54, 1.807) is 12.1 Å².